The van der Waals surface area contributed by atoms with Crippen molar-refractivity contribution in [3.8, 4) is 0 Å². The Hall–Kier alpha value is -2.33. The van der Waals surface area contributed by atoms with E-state index in [-0.39, 0.29) is 16.6 Å². The maximum absolute atomic E-state index is 13.9. The molecule has 7 nitrogen and oxygen atoms in total. The average Bonchev–Trinajstić information content (AvgIpc) is 2.93. The zero-order valence-corrected chi connectivity index (χ0v) is 17.6. The number of anilines is 1. The van der Waals surface area contributed by atoms with Crippen molar-refractivity contribution < 1.29 is 17.6 Å². The van der Waals surface area contributed by atoms with Gasteiger partial charge in [-0.15, -0.1) is 0 Å². The quantitative estimate of drug-likeness (QED) is 0.695. The number of halogens is 1. The zero-order chi connectivity index (χ0) is 21.6. The Morgan fingerprint density at radius 3 is 2.53 bits per heavy atom. The molecule has 0 aliphatic carbocycles. The summed E-state index contributed by atoms with van der Waals surface area (Å²) in [5, 5.41) is 7.84. The molecule has 2 aromatic carbocycles. The van der Waals surface area contributed by atoms with Crippen LogP contribution in [0.1, 0.15) is 18.4 Å². The van der Waals surface area contributed by atoms with Crippen molar-refractivity contribution in [1.29, 1.82) is 0 Å². The lowest BCUT2D eigenvalue weighted by atomic mass is 10.2. The average molecular weight is 435 g/mol. The Kier molecular flexibility index (Phi) is 7.54. The number of nitrogens with one attached hydrogen (secondary N) is 1. The second kappa shape index (κ2) is 10.1. The molecule has 0 atom stereocenters. The van der Waals surface area contributed by atoms with Crippen LogP contribution < -0.4 is 10.5 Å². The summed E-state index contributed by atoms with van der Waals surface area (Å²) in [5.41, 5.74) is 1.10. The molecule has 0 saturated carbocycles. The van der Waals surface area contributed by atoms with Crippen LogP contribution in [0.3, 0.4) is 0 Å². The molecule has 1 saturated heterocycles. The highest BCUT2D eigenvalue weighted by molar-refractivity contribution is 7.89. The van der Waals surface area contributed by atoms with Crippen LogP contribution in [0.4, 0.5) is 10.1 Å². The Labute approximate surface area is 176 Å². The van der Waals surface area contributed by atoms with Crippen LogP contribution in [-0.4, -0.2) is 56.8 Å². The van der Waals surface area contributed by atoms with Crippen LogP contribution in [0.15, 0.2) is 53.4 Å². The second-order valence-electron chi connectivity index (χ2n) is 7.43. The summed E-state index contributed by atoms with van der Waals surface area (Å²) in [5.74, 6) is -0.365. The van der Waals surface area contributed by atoms with Crippen LogP contribution in [0.25, 0.3) is 0 Å². The summed E-state index contributed by atoms with van der Waals surface area (Å²) in [6, 6.07) is 12.7. The minimum absolute atomic E-state index is 0.0391. The molecule has 162 valence electrons. The van der Waals surface area contributed by atoms with E-state index in [1.165, 1.54) is 24.3 Å². The number of benzene rings is 2. The van der Waals surface area contributed by atoms with Gasteiger partial charge in [0.15, 0.2) is 0 Å². The first-order valence-corrected chi connectivity index (χ1v) is 11.5. The number of primary sulfonamides is 1. The van der Waals surface area contributed by atoms with Gasteiger partial charge in [0, 0.05) is 43.9 Å². The fraction of sp³-hybridized carbons (Fsp3) is 0.381. The van der Waals surface area contributed by atoms with E-state index in [9.17, 15) is 17.6 Å². The number of rotatable bonds is 7. The molecular formula is C21H27FN4O3S. The Morgan fingerprint density at radius 2 is 1.77 bits per heavy atom. The number of carbonyl (C=O) groups is 1. The summed E-state index contributed by atoms with van der Waals surface area (Å²) in [7, 11) is -3.81. The smallest absolute Gasteiger partial charge is 0.238 e. The highest BCUT2D eigenvalue weighted by Crippen LogP contribution is 2.15. The van der Waals surface area contributed by atoms with E-state index in [0.717, 1.165) is 32.6 Å². The molecule has 0 aromatic heterocycles. The van der Waals surface area contributed by atoms with Gasteiger partial charge in [-0.05, 0) is 43.8 Å². The molecule has 3 N–H and O–H groups in total. The van der Waals surface area contributed by atoms with E-state index in [0.29, 0.717) is 30.8 Å². The minimum Gasteiger partial charge on any atom is -0.326 e. The fourth-order valence-corrected chi connectivity index (χ4v) is 4.07. The predicted molar refractivity (Wildman–Crippen MR) is 114 cm³/mol. The second-order valence-corrected chi connectivity index (χ2v) is 9.00. The normalized spacial score (nSPS) is 16.2. The Balaban J connectivity index is 1.46. The van der Waals surface area contributed by atoms with Gasteiger partial charge in [-0.2, -0.15) is 0 Å². The van der Waals surface area contributed by atoms with Crippen LogP contribution in [0.2, 0.25) is 0 Å². The number of amides is 1. The maximum Gasteiger partial charge on any atom is 0.238 e. The van der Waals surface area contributed by atoms with Crippen molar-refractivity contribution in [1.82, 2.24) is 9.80 Å². The first-order chi connectivity index (χ1) is 14.3. The van der Waals surface area contributed by atoms with Crippen LogP contribution in [-0.2, 0) is 21.4 Å². The summed E-state index contributed by atoms with van der Waals surface area (Å²) in [6.45, 7) is 4.57. The summed E-state index contributed by atoms with van der Waals surface area (Å²) >= 11 is 0. The molecule has 0 bridgehead atoms. The van der Waals surface area contributed by atoms with E-state index in [2.05, 4.69) is 15.1 Å². The third-order valence-electron chi connectivity index (χ3n) is 5.13. The first kappa shape index (κ1) is 22.4. The molecule has 0 radical (unpaired) electrons. The molecule has 1 amide bonds. The number of nitrogens with two attached hydrogens (primary N) is 1. The highest BCUT2D eigenvalue weighted by atomic mass is 32.2. The van der Waals surface area contributed by atoms with Crippen molar-refractivity contribution >= 4 is 21.6 Å². The molecule has 9 heteroatoms. The molecule has 1 heterocycles. The molecule has 1 fully saturated rings. The van der Waals surface area contributed by atoms with Crippen molar-refractivity contribution in [2.75, 3.05) is 38.0 Å². The number of nitrogens with zero attached hydrogens (tertiary/aromatic N) is 2. The third kappa shape index (κ3) is 6.60. The lowest BCUT2D eigenvalue weighted by molar-refractivity contribution is -0.116. The lowest BCUT2D eigenvalue weighted by Crippen LogP contribution is -2.32. The minimum atomic E-state index is -3.81. The molecular weight excluding hydrogens is 407 g/mol. The van der Waals surface area contributed by atoms with Crippen molar-refractivity contribution in [2.24, 2.45) is 5.14 Å². The van der Waals surface area contributed by atoms with Gasteiger partial charge < -0.3 is 10.2 Å². The number of carbonyl (C=O) groups excluding carboxylic acids is 1. The van der Waals surface area contributed by atoms with Gasteiger partial charge in [-0.3, -0.25) is 9.69 Å². The highest BCUT2D eigenvalue weighted by Gasteiger charge is 2.17. The summed E-state index contributed by atoms with van der Waals surface area (Å²) < 4.78 is 36.7. The number of hydrogen-bond donors (Lipinski definition) is 2. The molecule has 3 rings (SSSR count). The van der Waals surface area contributed by atoms with Gasteiger partial charge >= 0.3 is 0 Å². The van der Waals surface area contributed by atoms with Gasteiger partial charge in [0.05, 0.1) is 4.90 Å². The Morgan fingerprint density at radius 1 is 1.03 bits per heavy atom. The SMILES string of the molecule is NS(=O)(=O)c1cccc(NC(=O)CCN2CCCN(Cc3ccccc3F)CC2)c1. The van der Waals surface area contributed by atoms with E-state index >= 15 is 0 Å². The standard InChI is InChI=1S/C21H27FN4O3S/c22-20-8-2-1-5-17(20)16-26-11-4-10-25(13-14-26)12-9-21(27)24-18-6-3-7-19(15-18)30(23,28)29/h1-3,5-8,15H,4,9-14,16H2,(H,24,27)(H2,23,28,29). The molecule has 30 heavy (non-hydrogen) atoms. The molecule has 0 unspecified atom stereocenters. The lowest BCUT2D eigenvalue weighted by Gasteiger charge is -2.22. The van der Waals surface area contributed by atoms with Crippen molar-refractivity contribution in [2.45, 2.75) is 24.3 Å². The molecule has 1 aliphatic rings. The Bertz CT molecular complexity index is 984. The fourth-order valence-electron chi connectivity index (χ4n) is 3.51. The molecule has 2 aromatic rings. The van der Waals surface area contributed by atoms with Crippen molar-refractivity contribution in [3.05, 3.63) is 59.9 Å². The topological polar surface area (TPSA) is 95.7 Å². The number of hydrogen-bond acceptors (Lipinski definition) is 5. The van der Waals surface area contributed by atoms with E-state index in [1.54, 1.807) is 12.1 Å². The molecule has 0 spiro atoms. The van der Waals surface area contributed by atoms with Gasteiger partial charge in [-0.1, -0.05) is 24.3 Å². The maximum atomic E-state index is 13.9. The van der Waals surface area contributed by atoms with Gasteiger partial charge in [0.1, 0.15) is 5.82 Å². The third-order valence-corrected chi connectivity index (χ3v) is 6.05. The van der Waals surface area contributed by atoms with Crippen LogP contribution in [0.5, 0.6) is 0 Å². The number of sulfonamides is 1. The first-order valence-electron chi connectivity index (χ1n) is 9.92. The van der Waals surface area contributed by atoms with E-state index in [1.807, 2.05) is 12.1 Å². The van der Waals surface area contributed by atoms with E-state index in [4.69, 9.17) is 5.14 Å². The molecule has 1 aliphatic heterocycles. The summed E-state index contributed by atoms with van der Waals surface area (Å²) in [4.78, 5) is 16.7. The van der Waals surface area contributed by atoms with Gasteiger partial charge in [0.25, 0.3) is 0 Å². The van der Waals surface area contributed by atoms with Gasteiger partial charge in [0.2, 0.25) is 15.9 Å². The van der Waals surface area contributed by atoms with Gasteiger partial charge in [-0.25, -0.2) is 17.9 Å². The summed E-state index contributed by atoms with van der Waals surface area (Å²) in [6.07, 6.45) is 1.25. The van der Waals surface area contributed by atoms with Crippen LogP contribution >= 0.6 is 0 Å². The largest absolute Gasteiger partial charge is 0.326 e. The monoisotopic (exact) mass is 434 g/mol. The van der Waals surface area contributed by atoms with Crippen LogP contribution in [0, 0.1) is 5.82 Å². The predicted octanol–water partition coefficient (Wildman–Crippen LogP) is 2.01. The zero-order valence-electron chi connectivity index (χ0n) is 16.8. The van der Waals surface area contributed by atoms with Crippen molar-refractivity contribution in [3.63, 3.8) is 0 Å². The van der Waals surface area contributed by atoms with E-state index < -0.39 is 10.0 Å².